The van der Waals surface area contributed by atoms with Crippen molar-refractivity contribution in [1.82, 2.24) is 24.3 Å². The van der Waals surface area contributed by atoms with Crippen LogP contribution < -0.4 is 11.1 Å². The smallest absolute Gasteiger partial charge is 0.383 e. The summed E-state index contributed by atoms with van der Waals surface area (Å²) in [6.45, 7) is 1.37. The Kier molecular flexibility index (Phi) is 5.70. The molecule has 1 amide bonds. The minimum atomic E-state index is -4.62. The van der Waals surface area contributed by atoms with Crippen LogP contribution in [0.2, 0.25) is 0 Å². The third-order valence-electron chi connectivity index (χ3n) is 5.56. The van der Waals surface area contributed by atoms with Gasteiger partial charge in [0.1, 0.15) is 18.5 Å². The molecule has 33 heavy (non-hydrogen) atoms. The van der Waals surface area contributed by atoms with E-state index in [1.54, 1.807) is 0 Å². The zero-order chi connectivity index (χ0) is 24.0. The molecule has 176 valence electrons. The van der Waals surface area contributed by atoms with Crippen molar-refractivity contribution in [1.29, 1.82) is 0 Å². The molecule has 3 aromatic heterocycles. The van der Waals surface area contributed by atoms with E-state index in [2.05, 4.69) is 20.4 Å². The predicted molar refractivity (Wildman–Crippen MR) is 108 cm³/mol. The SMILES string of the molecule is Cc1cc(C(F)(F)F)nn1CC(=O)Nc1cnc(-n2cnc(C3(O)CC(CN)C3)c2)c(F)c1. The maximum atomic E-state index is 14.6. The highest BCUT2D eigenvalue weighted by molar-refractivity contribution is 5.90. The number of halogens is 4. The zero-order valence-corrected chi connectivity index (χ0v) is 17.5. The minimum Gasteiger partial charge on any atom is -0.383 e. The summed E-state index contributed by atoms with van der Waals surface area (Å²) in [7, 11) is 0. The fourth-order valence-corrected chi connectivity index (χ4v) is 3.78. The van der Waals surface area contributed by atoms with Crippen molar-refractivity contribution in [3.05, 3.63) is 53.8 Å². The molecule has 3 heterocycles. The van der Waals surface area contributed by atoms with Gasteiger partial charge in [0.05, 0.1) is 17.6 Å². The summed E-state index contributed by atoms with van der Waals surface area (Å²) in [6, 6.07) is 1.86. The van der Waals surface area contributed by atoms with Gasteiger partial charge in [-0.1, -0.05) is 0 Å². The second kappa shape index (κ2) is 8.23. The molecule has 0 saturated heterocycles. The predicted octanol–water partition coefficient (Wildman–Crippen LogP) is 2.13. The maximum Gasteiger partial charge on any atom is 0.435 e. The zero-order valence-electron chi connectivity index (χ0n) is 17.5. The number of aryl methyl sites for hydroxylation is 1. The maximum absolute atomic E-state index is 14.6. The summed E-state index contributed by atoms with van der Waals surface area (Å²) in [6.07, 6.45) is 0.336. The van der Waals surface area contributed by atoms with Crippen LogP contribution in [0.5, 0.6) is 0 Å². The van der Waals surface area contributed by atoms with Gasteiger partial charge in [-0.15, -0.1) is 0 Å². The van der Waals surface area contributed by atoms with E-state index in [1.165, 1.54) is 30.2 Å². The number of carbonyl (C=O) groups excluding carboxylic acids is 1. The molecule has 13 heteroatoms. The van der Waals surface area contributed by atoms with E-state index in [4.69, 9.17) is 5.73 Å². The van der Waals surface area contributed by atoms with E-state index in [-0.39, 0.29) is 23.1 Å². The lowest BCUT2D eigenvalue weighted by Crippen LogP contribution is -2.44. The van der Waals surface area contributed by atoms with E-state index in [9.17, 15) is 27.5 Å². The van der Waals surface area contributed by atoms with Gasteiger partial charge in [0.25, 0.3) is 0 Å². The summed E-state index contributed by atoms with van der Waals surface area (Å²) in [5, 5.41) is 16.3. The Hall–Kier alpha value is -3.32. The summed E-state index contributed by atoms with van der Waals surface area (Å²) < 4.78 is 55.1. The highest BCUT2D eigenvalue weighted by Crippen LogP contribution is 2.44. The number of aromatic nitrogens is 5. The van der Waals surface area contributed by atoms with Crippen molar-refractivity contribution in [3.63, 3.8) is 0 Å². The number of rotatable bonds is 6. The van der Waals surface area contributed by atoms with Crippen LogP contribution in [0.25, 0.3) is 5.82 Å². The first kappa shape index (κ1) is 22.9. The van der Waals surface area contributed by atoms with Crippen molar-refractivity contribution in [2.75, 3.05) is 11.9 Å². The Morgan fingerprint density at radius 1 is 1.33 bits per heavy atom. The van der Waals surface area contributed by atoms with Crippen LogP contribution in [-0.2, 0) is 23.1 Å². The summed E-state index contributed by atoms with van der Waals surface area (Å²) in [5.41, 5.74) is 3.95. The lowest BCUT2D eigenvalue weighted by atomic mass is 9.69. The molecule has 0 spiro atoms. The second-order valence-corrected chi connectivity index (χ2v) is 8.11. The molecule has 1 saturated carbocycles. The Labute approximate surface area is 185 Å². The molecule has 4 rings (SSSR count). The molecule has 0 radical (unpaired) electrons. The van der Waals surface area contributed by atoms with E-state index in [1.807, 2.05) is 0 Å². The molecule has 1 aliphatic carbocycles. The summed E-state index contributed by atoms with van der Waals surface area (Å²) >= 11 is 0. The number of hydrogen-bond acceptors (Lipinski definition) is 6. The van der Waals surface area contributed by atoms with Gasteiger partial charge >= 0.3 is 6.18 Å². The highest BCUT2D eigenvalue weighted by atomic mass is 19.4. The number of imidazole rings is 1. The number of nitrogens with one attached hydrogen (secondary N) is 1. The Bertz CT molecular complexity index is 1180. The molecule has 0 atom stereocenters. The van der Waals surface area contributed by atoms with E-state index >= 15 is 0 Å². The fourth-order valence-electron chi connectivity index (χ4n) is 3.78. The molecule has 0 unspecified atom stereocenters. The normalized spacial score (nSPS) is 20.5. The molecule has 0 bridgehead atoms. The largest absolute Gasteiger partial charge is 0.435 e. The average Bonchev–Trinajstić information content (AvgIpc) is 3.33. The molecule has 0 aromatic carbocycles. The first-order chi connectivity index (χ1) is 15.5. The standard InChI is InChI=1S/C20H21F4N7O2/c1-11-2-15(20(22,23)24)29-31(11)9-17(32)28-13-3-14(21)18(26-7-13)30-8-16(27-10-30)19(33)4-12(5-19)6-25/h2-3,7-8,10,12,33H,4-6,9,25H2,1H3,(H,28,32). The third-order valence-corrected chi connectivity index (χ3v) is 5.56. The molecule has 1 aliphatic rings. The summed E-state index contributed by atoms with van der Waals surface area (Å²) in [4.78, 5) is 20.3. The molecule has 4 N–H and O–H groups in total. The first-order valence-corrected chi connectivity index (χ1v) is 10.0. The topological polar surface area (TPSA) is 124 Å². The number of aliphatic hydroxyl groups is 1. The molecule has 9 nitrogen and oxygen atoms in total. The van der Waals surface area contributed by atoms with E-state index < -0.39 is 35.7 Å². The number of hydrogen-bond donors (Lipinski definition) is 3. The quantitative estimate of drug-likeness (QED) is 0.477. The highest BCUT2D eigenvalue weighted by Gasteiger charge is 2.45. The molecule has 3 aromatic rings. The van der Waals surface area contributed by atoms with Crippen molar-refractivity contribution in [2.24, 2.45) is 11.7 Å². The van der Waals surface area contributed by atoms with Crippen LogP contribution in [0.4, 0.5) is 23.2 Å². The molecule has 1 fully saturated rings. The van der Waals surface area contributed by atoms with Crippen molar-refractivity contribution in [2.45, 2.75) is 38.1 Å². The van der Waals surface area contributed by atoms with Crippen LogP contribution in [0.1, 0.15) is 29.9 Å². The molecular weight excluding hydrogens is 446 g/mol. The van der Waals surface area contributed by atoms with Crippen LogP contribution in [0.15, 0.2) is 30.9 Å². The summed E-state index contributed by atoms with van der Waals surface area (Å²) in [5.74, 6) is -1.35. The van der Waals surface area contributed by atoms with Gasteiger partial charge in [0.2, 0.25) is 5.91 Å². The number of nitrogens with zero attached hydrogens (tertiary/aromatic N) is 5. The van der Waals surface area contributed by atoms with Crippen molar-refractivity contribution < 1.29 is 27.5 Å². The molecular formula is C20H21F4N7O2. The Balaban J connectivity index is 1.43. The van der Waals surface area contributed by atoms with Gasteiger partial charge in [-0.05, 0) is 38.3 Å². The van der Waals surface area contributed by atoms with E-state index in [0.717, 1.165) is 16.8 Å². The van der Waals surface area contributed by atoms with Gasteiger partial charge < -0.3 is 16.2 Å². The third kappa shape index (κ3) is 4.59. The second-order valence-electron chi connectivity index (χ2n) is 8.11. The van der Waals surface area contributed by atoms with Gasteiger partial charge in [0, 0.05) is 18.0 Å². The Morgan fingerprint density at radius 3 is 2.67 bits per heavy atom. The van der Waals surface area contributed by atoms with E-state index in [0.29, 0.717) is 25.1 Å². The van der Waals surface area contributed by atoms with Crippen LogP contribution in [-0.4, -0.2) is 41.9 Å². The monoisotopic (exact) mass is 467 g/mol. The number of pyridine rings is 1. The van der Waals surface area contributed by atoms with Crippen LogP contribution in [0, 0.1) is 18.7 Å². The lowest BCUT2D eigenvalue weighted by Gasteiger charge is -2.42. The van der Waals surface area contributed by atoms with Gasteiger partial charge in [-0.25, -0.2) is 14.4 Å². The number of amides is 1. The van der Waals surface area contributed by atoms with Gasteiger partial charge in [0.15, 0.2) is 17.3 Å². The minimum absolute atomic E-state index is 0.0193. The molecule has 0 aliphatic heterocycles. The van der Waals surface area contributed by atoms with Crippen LogP contribution >= 0.6 is 0 Å². The Morgan fingerprint density at radius 2 is 2.06 bits per heavy atom. The average molecular weight is 467 g/mol. The van der Waals surface area contributed by atoms with Crippen molar-refractivity contribution in [3.8, 4) is 5.82 Å². The number of carbonyl (C=O) groups is 1. The number of alkyl halides is 3. The van der Waals surface area contributed by atoms with Crippen molar-refractivity contribution >= 4 is 11.6 Å². The van der Waals surface area contributed by atoms with Gasteiger partial charge in [-0.3, -0.25) is 14.0 Å². The van der Waals surface area contributed by atoms with Gasteiger partial charge in [-0.2, -0.15) is 18.3 Å². The first-order valence-electron chi connectivity index (χ1n) is 10.0. The van der Waals surface area contributed by atoms with Crippen LogP contribution in [0.3, 0.4) is 0 Å². The lowest BCUT2D eigenvalue weighted by molar-refractivity contribution is -0.141. The fraction of sp³-hybridized carbons (Fsp3) is 0.400. The number of anilines is 1. The number of nitrogens with two attached hydrogens (primary N) is 1.